The van der Waals surface area contributed by atoms with Crippen LogP contribution in [-0.2, 0) is 11.3 Å². The first kappa shape index (κ1) is 21.1. The number of nitrogens with one attached hydrogen (secondary N) is 1. The highest BCUT2D eigenvalue weighted by Gasteiger charge is 2.20. The predicted molar refractivity (Wildman–Crippen MR) is 117 cm³/mol. The molecule has 8 heteroatoms. The molecule has 3 aromatic rings. The number of rotatable bonds is 7. The average molecular weight is 429 g/mol. The van der Waals surface area contributed by atoms with Crippen LogP contribution in [0.2, 0.25) is 5.02 Å². The number of thioether (sulfide) groups is 1. The molecule has 29 heavy (non-hydrogen) atoms. The van der Waals surface area contributed by atoms with Crippen LogP contribution in [0.1, 0.15) is 31.1 Å². The van der Waals surface area contributed by atoms with E-state index in [2.05, 4.69) is 15.5 Å². The van der Waals surface area contributed by atoms with Gasteiger partial charge in [0.25, 0.3) is 0 Å². The van der Waals surface area contributed by atoms with Crippen LogP contribution in [0.5, 0.6) is 0 Å². The van der Waals surface area contributed by atoms with Gasteiger partial charge in [-0.1, -0.05) is 35.5 Å². The highest BCUT2D eigenvalue weighted by atomic mass is 35.5. The van der Waals surface area contributed by atoms with Crippen molar-refractivity contribution >= 4 is 40.7 Å². The van der Waals surface area contributed by atoms with Gasteiger partial charge in [0.2, 0.25) is 5.91 Å². The first-order valence-electron chi connectivity index (χ1n) is 9.16. The summed E-state index contributed by atoms with van der Waals surface area (Å²) in [4.78, 5) is 24.1. The quantitative estimate of drug-likeness (QED) is 0.426. The van der Waals surface area contributed by atoms with Crippen molar-refractivity contribution in [2.45, 2.75) is 37.7 Å². The third-order valence-electron chi connectivity index (χ3n) is 4.32. The predicted octanol–water partition coefficient (Wildman–Crippen LogP) is 4.94. The molecule has 0 aliphatic heterocycles. The van der Waals surface area contributed by atoms with Crippen LogP contribution in [0, 0.1) is 0 Å². The maximum Gasteiger partial charge on any atom is 0.237 e. The molecule has 0 radical (unpaired) electrons. The zero-order valence-corrected chi connectivity index (χ0v) is 17.9. The molecule has 1 amide bonds. The first-order valence-corrected chi connectivity index (χ1v) is 10.4. The Morgan fingerprint density at radius 1 is 1.17 bits per heavy atom. The molecule has 0 aliphatic carbocycles. The van der Waals surface area contributed by atoms with Crippen molar-refractivity contribution in [2.24, 2.45) is 0 Å². The lowest BCUT2D eigenvalue weighted by Gasteiger charge is -2.13. The Bertz CT molecular complexity index is 1030. The molecule has 150 valence electrons. The minimum absolute atomic E-state index is 0.0469. The lowest BCUT2D eigenvalue weighted by Crippen LogP contribution is -2.23. The fourth-order valence-corrected chi connectivity index (χ4v) is 3.78. The summed E-state index contributed by atoms with van der Waals surface area (Å²) in [6.07, 6.45) is 0. The first-order chi connectivity index (χ1) is 13.9. The Morgan fingerprint density at radius 3 is 2.55 bits per heavy atom. The molecule has 1 unspecified atom stereocenters. The summed E-state index contributed by atoms with van der Waals surface area (Å²) in [5.74, 6) is 0.511. The Hall–Kier alpha value is -2.64. The summed E-state index contributed by atoms with van der Waals surface area (Å²) in [5, 5.41) is 12.3. The van der Waals surface area contributed by atoms with Crippen molar-refractivity contribution in [1.29, 1.82) is 0 Å². The molecule has 0 saturated heterocycles. The zero-order chi connectivity index (χ0) is 21.0. The standard InChI is InChI=1S/C21H21ClN4O2S/c1-4-26-19(15-8-10-17(22)11-9-15)24-25-21(26)29-14(3)20(28)23-18-7-5-6-16(12-18)13(2)27/h5-12,14H,4H2,1-3H3,(H,23,28). The maximum atomic E-state index is 12.6. The molecule has 1 atom stereocenters. The number of Topliss-reactive ketones (excluding diaryl/α,β-unsaturated/α-hetero) is 1. The summed E-state index contributed by atoms with van der Waals surface area (Å²) >= 11 is 7.30. The molecular weight excluding hydrogens is 408 g/mol. The topological polar surface area (TPSA) is 76.9 Å². The van der Waals surface area contributed by atoms with Gasteiger partial charge in [0.05, 0.1) is 5.25 Å². The van der Waals surface area contributed by atoms with E-state index in [1.165, 1.54) is 18.7 Å². The SMILES string of the molecule is CCn1c(SC(C)C(=O)Nc2cccc(C(C)=O)c2)nnc1-c1ccc(Cl)cc1. The van der Waals surface area contributed by atoms with Gasteiger partial charge in [-0.3, -0.25) is 9.59 Å². The van der Waals surface area contributed by atoms with Crippen LogP contribution >= 0.6 is 23.4 Å². The number of hydrogen-bond acceptors (Lipinski definition) is 5. The van der Waals surface area contributed by atoms with Gasteiger partial charge in [0.1, 0.15) is 0 Å². The highest BCUT2D eigenvalue weighted by molar-refractivity contribution is 8.00. The second-order valence-corrected chi connectivity index (χ2v) is 8.19. The highest BCUT2D eigenvalue weighted by Crippen LogP contribution is 2.28. The maximum absolute atomic E-state index is 12.6. The third-order valence-corrected chi connectivity index (χ3v) is 5.66. The summed E-state index contributed by atoms with van der Waals surface area (Å²) in [5.41, 5.74) is 2.06. The van der Waals surface area contributed by atoms with Gasteiger partial charge < -0.3 is 9.88 Å². The Kier molecular flexibility index (Phi) is 6.71. The average Bonchev–Trinajstić information content (AvgIpc) is 3.11. The number of nitrogens with zero attached hydrogens (tertiary/aromatic N) is 3. The van der Waals surface area contributed by atoms with Gasteiger partial charge in [-0.05, 0) is 57.2 Å². The van der Waals surface area contributed by atoms with Crippen molar-refractivity contribution in [3.05, 3.63) is 59.1 Å². The molecular formula is C21H21ClN4O2S. The molecule has 1 N–H and O–H groups in total. The molecule has 0 aliphatic rings. The Labute approximate surface area is 178 Å². The molecule has 0 bridgehead atoms. The number of amides is 1. The second-order valence-electron chi connectivity index (χ2n) is 6.44. The molecule has 1 aromatic heterocycles. The van der Waals surface area contributed by atoms with Crippen LogP contribution in [-0.4, -0.2) is 31.7 Å². The number of aromatic nitrogens is 3. The lowest BCUT2D eigenvalue weighted by molar-refractivity contribution is -0.115. The molecule has 6 nitrogen and oxygen atoms in total. The fourth-order valence-electron chi connectivity index (χ4n) is 2.74. The lowest BCUT2D eigenvalue weighted by atomic mass is 10.1. The largest absolute Gasteiger partial charge is 0.325 e. The van der Waals surface area contributed by atoms with Gasteiger partial charge in [-0.25, -0.2) is 0 Å². The van der Waals surface area contributed by atoms with Crippen molar-refractivity contribution in [3.63, 3.8) is 0 Å². The van der Waals surface area contributed by atoms with Crippen LogP contribution in [0.4, 0.5) is 5.69 Å². The van der Waals surface area contributed by atoms with E-state index in [9.17, 15) is 9.59 Å². The number of carbonyl (C=O) groups excluding carboxylic acids is 2. The van der Waals surface area contributed by atoms with E-state index in [-0.39, 0.29) is 11.7 Å². The number of ketones is 1. The van der Waals surface area contributed by atoms with Crippen LogP contribution < -0.4 is 5.32 Å². The van der Waals surface area contributed by atoms with E-state index in [4.69, 9.17) is 11.6 Å². The smallest absolute Gasteiger partial charge is 0.237 e. The summed E-state index contributed by atoms with van der Waals surface area (Å²) < 4.78 is 1.97. The van der Waals surface area contributed by atoms with Crippen LogP contribution in [0.3, 0.4) is 0 Å². The molecule has 3 rings (SSSR count). The van der Waals surface area contributed by atoms with Crippen LogP contribution in [0.15, 0.2) is 53.7 Å². The van der Waals surface area contributed by atoms with Crippen molar-refractivity contribution < 1.29 is 9.59 Å². The van der Waals surface area contributed by atoms with E-state index >= 15 is 0 Å². The Morgan fingerprint density at radius 2 is 1.90 bits per heavy atom. The van der Waals surface area contributed by atoms with Gasteiger partial charge in [0.15, 0.2) is 16.8 Å². The van der Waals surface area contributed by atoms with E-state index in [1.807, 2.05) is 42.7 Å². The summed E-state index contributed by atoms with van der Waals surface area (Å²) in [7, 11) is 0. The monoisotopic (exact) mass is 428 g/mol. The van der Waals surface area contributed by atoms with Gasteiger partial charge in [-0.2, -0.15) is 0 Å². The van der Waals surface area contributed by atoms with E-state index in [1.54, 1.807) is 24.3 Å². The minimum atomic E-state index is -0.399. The van der Waals surface area contributed by atoms with Gasteiger partial charge >= 0.3 is 0 Å². The summed E-state index contributed by atoms with van der Waals surface area (Å²) in [6, 6.07) is 14.3. The zero-order valence-electron chi connectivity index (χ0n) is 16.3. The molecule has 1 heterocycles. The molecule has 0 fully saturated rings. The van der Waals surface area contributed by atoms with Crippen LogP contribution in [0.25, 0.3) is 11.4 Å². The van der Waals surface area contributed by atoms with Gasteiger partial charge in [0, 0.05) is 28.4 Å². The molecule has 0 spiro atoms. The third kappa shape index (κ3) is 5.05. The van der Waals surface area contributed by atoms with Gasteiger partial charge in [-0.15, -0.1) is 10.2 Å². The van der Waals surface area contributed by atoms with Crippen molar-refractivity contribution in [1.82, 2.24) is 14.8 Å². The Balaban J connectivity index is 1.74. The normalized spacial score (nSPS) is 11.9. The number of benzene rings is 2. The van der Waals surface area contributed by atoms with E-state index in [0.29, 0.717) is 28.0 Å². The number of halogens is 1. The van der Waals surface area contributed by atoms with E-state index in [0.717, 1.165) is 11.4 Å². The van der Waals surface area contributed by atoms with Crippen molar-refractivity contribution in [3.8, 4) is 11.4 Å². The number of anilines is 1. The number of hydrogen-bond donors (Lipinski definition) is 1. The fraction of sp³-hybridized carbons (Fsp3) is 0.238. The van der Waals surface area contributed by atoms with Crippen molar-refractivity contribution in [2.75, 3.05) is 5.32 Å². The minimum Gasteiger partial charge on any atom is -0.325 e. The summed E-state index contributed by atoms with van der Waals surface area (Å²) in [6.45, 7) is 5.98. The second kappa shape index (κ2) is 9.24. The molecule has 0 saturated carbocycles. The number of carbonyl (C=O) groups is 2. The van der Waals surface area contributed by atoms with E-state index < -0.39 is 5.25 Å². The molecule has 2 aromatic carbocycles.